The largest absolute Gasteiger partial charge is 0.374 e. The first-order valence-corrected chi connectivity index (χ1v) is 9.56. The molecule has 0 radical (unpaired) electrons. The Morgan fingerprint density at radius 2 is 1.95 bits per heavy atom. The first-order valence-electron chi connectivity index (χ1n) is 5.20. The van der Waals surface area contributed by atoms with Crippen molar-refractivity contribution in [3.63, 3.8) is 0 Å². The molecule has 1 heterocycles. The summed E-state index contributed by atoms with van der Waals surface area (Å²) < 4.78 is 47.4. The van der Waals surface area contributed by atoms with Gasteiger partial charge >= 0.3 is 5.69 Å². The van der Waals surface area contributed by atoms with Crippen molar-refractivity contribution in [3.05, 3.63) is 16.2 Å². The van der Waals surface area contributed by atoms with E-state index in [1.165, 1.54) is 7.05 Å². The van der Waals surface area contributed by atoms with E-state index >= 15 is 0 Å². The molecule has 0 atom stereocenters. The van der Waals surface area contributed by atoms with E-state index in [4.69, 9.17) is 0 Å². The number of sulfone groups is 1. The smallest absolute Gasteiger partial charge is 0.304 e. The normalized spacial score (nSPS) is 12.3. The second kappa shape index (κ2) is 6.03. The topological polar surface area (TPSA) is 135 Å². The third-order valence-corrected chi connectivity index (χ3v) is 6.17. The Kier molecular flexibility index (Phi) is 5.07. The first kappa shape index (κ1) is 16.8. The summed E-state index contributed by atoms with van der Waals surface area (Å²) in [6.07, 6.45) is 0.983. The molecule has 1 aromatic rings. The Morgan fingerprint density at radius 3 is 2.35 bits per heavy atom. The molecule has 0 spiro atoms. The molecule has 0 bridgehead atoms. The maximum absolute atomic E-state index is 11.9. The summed E-state index contributed by atoms with van der Waals surface area (Å²) >= 11 is 0.700. The minimum absolute atomic E-state index is 0.110. The molecule has 0 aliphatic heterocycles. The van der Waals surface area contributed by atoms with E-state index in [1.54, 1.807) is 0 Å². The summed E-state index contributed by atoms with van der Waals surface area (Å²) in [5.74, 6) is -0.349. The number of sulfonamides is 1. The van der Waals surface area contributed by atoms with Gasteiger partial charge in [0.2, 0.25) is 10.0 Å². The number of rotatable bonds is 7. The van der Waals surface area contributed by atoms with Gasteiger partial charge < -0.3 is 5.32 Å². The number of nitrogens with zero attached hydrogens (tertiary/aromatic N) is 1. The highest BCUT2D eigenvalue weighted by Gasteiger charge is 2.25. The van der Waals surface area contributed by atoms with Crippen LogP contribution in [-0.4, -0.2) is 47.4 Å². The molecule has 0 saturated heterocycles. The summed E-state index contributed by atoms with van der Waals surface area (Å²) in [7, 11) is -5.83. The van der Waals surface area contributed by atoms with E-state index in [0.29, 0.717) is 11.3 Å². The van der Waals surface area contributed by atoms with Crippen LogP contribution in [0.1, 0.15) is 0 Å². The lowest BCUT2D eigenvalue weighted by molar-refractivity contribution is -0.383. The third kappa shape index (κ3) is 4.40. The van der Waals surface area contributed by atoms with Crippen LogP contribution in [0.25, 0.3) is 0 Å². The molecule has 12 heteroatoms. The van der Waals surface area contributed by atoms with Crippen LogP contribution in [0.15, 0.2) is 10.3 Å². The fraction of sp³-hybridized carbons (Fsp3) is 0.500. The summed E-state index contributed by atoms with van der Waals surface area (Å²) in [4.78, 5) is 10.0. The Labute approximate surface area is 120 Å². The summed E-state index contributed by atoms with van der Waals surface area (Å²) in [5, 5.41) is 13.4. The summed E-state index contributed by atoms with van der Waals surface area (Å²) in [6, 6.07) is 0.930. The van der Waals surface area contributed by atoms with Crippen LogP contribution >= 0.6 is 11.3 Å². The highest BCUT2D eigenvalue weighted by atomic mass is 32.2. The minimum atomic E-state index is -3.97. The lowest BCUT2D eigenvalue weighted by atomic mass is 10.5. The molecule has 0 fully saturated rings. The number of hydrogen-bond donors (Lipinski definition) is 2. The zero-order valence-corrected chi connectivity index (χ0v) is 13.1. The molecular weight excluding hydrogens is 330 g/mol. The lowest BCUT2D eigenvalue weighted by Gasteiger charge is -2.02. The SMILES string of the molecule is CNc1sc(S(=O)(=O)NCCS(C)(=O)=O)cc1[N+](=O)[O-]. The van der Waals surface area contributed by atoms with Crippen LogP contribution < -0.4 is 10.0 Å². The van der Waals surface area contributed by atoms with Gasteiger partial charge in [-0.2, -0.15) is 0 Å². The Hall–Kier alpha value is -1.24. The number of hydrogen-bond acceptors (Lipinski definition) is 8. The van der Waals surface area contributed by atoms with Gasteiger partial charge in [-0.3, -0.25) is 10.1 Å². The highest BCUT2D eigenvalue weighted by Crippen LogP contribution is 2.36. The molecule has 1 rings (SSSR count). The van der Waals surface area contributed by atoms with E-state index in [0.717, 1.165) is 12.3 Å². The van der Waals surface area contributed by atoms with Crippen molar-refractivity contribution in [1.29, 1.82) is 0 Å². The fourth-order valence-corrected chi connectivity index (χ4v) is 4.20. The van der Waals surface area contributed by atoms with Gasteiger partial charge in [0.15, 0.2) is 5.00 Å². The van der Waals surface area contributed by atoms with Crippen LogP contribution in [0.4, 0.5) is 10.7 Å². The van der Waals surface area contributed by atoms with Crippen LogP contribution in [-0.2, 0) is 19.9 Å². The van der Waals surface area contributed by atoms with E-state index in [2.05, 4.69) is 10.0 Å². The van der Waals surface area contributed by atoms with Crippen molar-refractivity contribution in [2.75, 3.05) is 30.9 Å². The first-order chi connectivity index (χ1) is 9.07. The van der Waals surface area contributed by atoms with Crippen molar-refractivity contribution in [2.45, 2.75) is 4.21 Å². The fourth-order valence-electron chi connectivity index (χ4n) is 1.24. The molecule has 0 saturated carbocycles. The van der Waals surface area contributed by atoms with Crippen LogP contribution in [0.3, 0.4) is 0 Å². The van der Waals surface area contributed by atoms with Gasteiger partial charge in [0, 0.05) is 25.9 Å². The van der Waals surface area contributed by atoms with Crippen molar-refractivity contribution in [1.82, 2.24) is 4.72 Å². The average Bonchev–Trinajstić information content (AvgIpc) is 2.71. The van der Waals surface area contributed by atoms with Gasteiger partial charge in [-0.1, -0.05) is 11.3 Å². The van der Waals surface area contributed by atoms with E-state index in [1.807, 2.05) is 0 Å². The van der Waals surface area contributed by atoms with Gasteiger partial charge in [0.1, 0.15) is 14.0 Å². The Balaban J connectivity index is 2.96. The van der Waals surface area contributed by atoms with E-state index in [-0.39, 0.29) is 27.2 Å². The molecule has 0 aromatic carbocycles. The highest BCUT2D eigenvalue weighted by molar-refractivity contribution is 7.92. The van der Waals surface area contributed by atoms with Gasteiger partial charge in [0.25, 0.3) is 0 Å². The maximum atomic E-state index is 11.9. The Morgan fingerprint density at radius 1 is 1.35 bits per heavy atom. The monoisotopic (exact) mass is 343 g/mol. The van der Waals surface area contributed by atoms with Crippen molar-refractivity contribution in [2.24, 2.45) is 0 Å². The van der Waals surface area contributed by atoms with E-state index < -0.39 is 24.8 Å². The third-order valence-electron chi connectivity index (χ3n) is 2.14. The standard InChI is InChI=1S/C8H13N3O6S3/c1-9-8-6(11(12)13)5-7(18-8)20(16,17)10-3-4-19(2,14)15/h5,9-10H,3-4H2,1-2H3. The van der Waals surface area contributed by atoms with Crippen LogP contribution in [0.5, 0.6) is 0 Å². The van der Waals surface area contributed by atoms with Crippen molar-refractivity contribution in [3.8, 4) is 0 Å². The average molecular weight is 343 g/mol. The summed E-state index contributed by atoms with van der Waals surface area (Å²) in [5.41, 5.74) is -0.346. The lowest BCUT2D eigenvalue weighted by Crippen LogP contribution is -2.28. The van der Waals surface area contributed by atoms with Gasteiger partial charge in [0.05, 0.1) is 10.7 Å². The van der Waals surface area contributed by atoms with Gasteiger partial charge in [-0.15, -0.1) is 0 Å². The number of anilines is 1. The van der Waals surface area contributed by atoms with Crippen LogP contribution in [0, 0.1) is 10.1 Å². The quantitative estimate of drug-likeness (QED) is 0.526. The molecule has 114 valence electrons. The molecule has 20 heavy (non-hydrogen) atoms. The minimum Gasteiger partial charge on any atom is -0.374 e. The number of thiophene rings is 1. The van der Waals surface area contributed by atoms with Gasteiger partial charge in [-0.05, 0) is 0 Å². The molecule has 0 aliphatic rings. The predicted molar refractivity (Wildman–Crippen MR) is 75.4 cm³/mol. The molecule has 1 aromatic heterocycles. The molecule has 0 aliphatic carbocycles. The number of nitrogens with one attached hydrogen (secondary N) is 2. The van der Waals surface area contributed by atoms with E-state index in [9.17, 15) is 26.9 Å². The predicted octanol–water partition coefficient (Wildman–Crippen LogP) is 0.0209. The zero-order valence-electron chi connectivity index (χ0n) is 10.6. The zero-order chi connectivity index (χ0) is 15.6. The maximum Gasteiger partial charge on any atom is 0.304 e. The van der Waals surface area contributed by atoms with Crippen LogP contribution in [0.2, 0.25) is 0 Å². The van der Waals surface area contributed by atoms with Crippen molar-refractivity contribution >= 4 is 41.9 Å². The Bertz CT molecular complexity index is 706. The number of nitro groups is 1. The summed E-state index contributed by atoms with van der Waals surface area (Å²) in [6.45, 7) is -0.290. The molecule has 2 N–H and O–H groups in total. The second-order valence-corrected chi connectivity index (χ2v) is 9.12. The van der Waals surface area contributed by atoms with Crippen molar-refractivity contribution < 1.29 is 21.8 Å². The molecular formula is C8H13N3O6S3. The molecule has 0 amide bonds. The molecule has 0 unspecified atom stereocenters. The molecule has 9 nitrogen and oxygen atoms in total. The van der Waals surface area contributed by atoms with Gasteiger partial charge in [-0.25, -0.2) is 21.6 Å². The second-order valence-electron chi connectivity index (χ2n) is 3.81.